The Bertz CT molecular complexity index is 822. The second kappa shape index (κ2) is 4.89. The van der Waals surface area contributed by atoms with Gasteiger partial charge in [-0.3, -0.25) is 19.3 Å². The van der Waals surface area contributed by atoms with Gasteiger partial charge in [-0.05, 0) is 17.7 Å². The van der Waals surface area contributed by atoms with Crippen LogP contribution in [0.15, 0.2) is 39.2 Å². The van der Waals surface area contributed by atoms with Crippen molar-refractivity contribution in [2.24, 2.45) is 12.1 Å². The quantitative estimate of drug-likeness (QED) is 0.696. The normalized spacial score (nSPS) is 17.4. The highest BCUT2D eigenvalue weighted by Gasteiger charge is 2.26. The molecule has 8 nitrogen and oxygen atoms in total. The van der Waals surface area contributed by atoms with E-state index < -0.39 is 11.2 Å². The topological polar surface area (TPSA) is 112 Å². The number of nitrogens with one attached hydrogen (secondary N) is 2. The fourth-order valence-electron chi connectivity index (χ4n) is 2.26. The maximum absolute atomic E-state index is 11.9. The summed E-state index contributed by atoms with van der Waals surface area (Å²) in [5.41, 5.74) is 3.00. The Kier molecular flexibility index (Phi) is 3.05. The van der Waals surface area contributed by atoms with Crippen LogP contribution in [-0.2, 0) is 7.05 Å². The molecule has 1 unspecified atom stereocenters. The highest BCUT2D eigenvalue weighted by atomic mass is 16.3. The number of pyridine rings is 1. The van der Waals surface area contributed by atoms with Crippen molar-refractivity contribution in [3.8, 4) is 5.88 Å². The number of aromatic hydroxyl groups is 1. The largest absolute Gasteiger partial charge is 0.494 e. The second-order valence-electron chi connectivity index (χ2n) is 4.74. The molecule has 1 aliphatic heterocycles. The molecule has 3 rings (SSSR count). The molecule has 0 spiro atoms. The van der Waals surface area contributed by atoms with E-state index in [1.807, 2.05) is 12.1 Å². The van der Waals surface area contributed by atoms with Crippen LogP contribution in [0.5, 0.6) is 5.88 Å². The number of H-pyrrole nitrogens is 1. The summed E-state index contributed by atoms with van der Waals surface area (Å²) in [6.07, 6.45) is 3.77. The summed E-state index contributed by atoms with van der Waals surface area (Å²) in [6.45, 7) is 0. The van der Waals surface area contributed by atoms with Gasteiger partial charge in [-0.2, -0.15) is 5.10 Å². The van der Waals surface area contributed by atoms with E-state index >= 15 is 0 Å². The number of nitrogens with zero attached hydrogens (tertiary/aromatic N) is 3. The molecule has 3 N–H and O–H groups in total. The minimum Gasteiger partial charge on any atom is -0.494 e. The minimum atomic E-state index is -0.668. The maximum atomic E-state index is 11.9. The fraction of sp³-hybridized carbons (Fsp3) is 0.231. The molecular weight excluding hydrogens is 274 g/mol. The number of hydrogen-bond acceptors (Lipinski definition) is 6. The third-order valence-corrected chi connectivity index (χ3v) is 3.44. The third kappa shape index (κ3) is 2.20. The highest BCUT2D eigenvalue weighted by Crippen LogP contribution is 2.25. The first-order valence-electron chi connectivity index (χ1n) is 6.32. The van der Waals surface area contributed by atoms with Gasteiger partial charge >= 0.3 is 5.69 Å². The lowest BCUT2D eigenvalue weighted by Crippen LogP contribution is -2.32. The molecular formula is C13H13N5O3. The Morgan fingerprint density at radius 2 is 2.05 bits per heavy atom. The van der Waals surface area contributed by atoms with Gasteiger partial charge in [-0.25, -0.2) is 4.79 Å². The van der Waals surface area contributed by atoms with Gasteiger partial charge in [0.1, 0.15) is 5.56 Å². The van der Waals surface area contributed by atoms with E-state index in [-0.39, 0.29) is 17.5 Å². The smallest absolute Gasteiger partial charge is 0.330 e. The van der Waals surface area contributed by atoms with Gasteiger partial charge in [0, 0.05) is 25.9 Å². The van der Waals surface area contributed by atoms with E-state index in [9.17, 15) is 14.7 Å². The molecule has 0 amide bonds. The monoisotopic (exact) mass is 287 g/mol. The summed E-state index contributed by atoms with van der Waals surface area (Å²) in [5.74, 6) is -0.389. The maximum Gasteiger partial charge on any atom is 0.330 e. The van der Waals surface area contributed by atoms with Gasteiger partial charge < -0.3 is 10.5 Å². The van der Waals surface area contributed by atoms with Gasteiger partial charge in [-0.15, -0.1) is 0 Å². The standard InChI is InChI=1S/C13H13N5O3/c1-18-12(20)10(11(19)15-13(18)21)9-6-8(16-17-9)7-2-4-14-5-3-7/h2-5,8,16,20H,6H2,1H3,(H,15,19,21). The molecule has 0 saturated carbocycles. The van der Waals surface area contributed by atoms with Crippen LogP contribution in [0, 0.1) is 0 Å². The zero-order chi connectivity index (χ0) is 15.0. The predicted octanol–water partition coefficient (Wildman–Crippen LogP) is -0.387. The third-order valence-electron chi connectivity index (χ3n) is 3.44. The first kappa shape index (κ1) is 13.1. The van der Waals surface area contributed by atoms with Crippen molar-refractivity contribution in [2.75, 3.05) is 0 Å². The molecule has 0 aromatic carbocycles. The molecule has 0 saturated heterocycles. The Balaban J connectivity index is 1.96. The van der Waals surface area contributed by atoms with Gasteiger partial charge in [0.15, 0.2) is 0 Å². The lowest BCUT2D eigenvalue weighted by molar-refractivity contribution is 0.416. The minimum absolute atomic E-state index is 0.0150. The van der Waals surface area contributed by atoms with E-state index in [0.717, 1.165) is 10.1 Å². The van der Waals surface area contributed by atoms with Crippen molar-refractivity contribution >= 4 is 5.71 Å². The molecule has 1 atom stereocenters. The zero-order valence-corrected chi connectivity index (χ0v) is 11.2. The number of hydrogen-bond donors (Lipinski definition) is 3. The Morgan fingerprint density at radius 1 is 1.33 bits per heavy atom. The lowest BCUT2D eigenvalue weighted by Gasteiger charge is -2.09. The van der Waals surface area contributed by atoms with Crippen LogP contribution in [0.25, 0.3) is 0 Å². The molecule has 2 aromatic heterocycles. The zero-order valence-electron chi connectivity index (χ0n) is 11.2. The molecule has 21 heavy (non-hydrogen) atoms. The van der Waals surface area contributed by atoms with Crippen molar-refractivity contribution in [2.45, 2.75) is 12.5 Å². The molecule has 2 aromatic rings. The first-order valence-corrected chi connectivity index (χ1v) is 6.32. The van der Waals surface area contributed by atoms with E-state index in [1.165, 1.54) is 7.05 Å². The number of hydrazone groups is 1. The van der Waals surface area contributed by atoms with Crippen LogP contribution >= 0.6 is 0 Å². The summed E-state index contributed by atoms with van der Waals surface area (Å²) in [7, 11) is 1.38. The van der Waals surface area contributed by atoms with Crippen LogP contribution in [0.4, 0.5) is 0 Å². The van der Waals surface area contributed by atoms with Crippen molar-refractivity contribution in [3.63, 3.8) is 0 Å². The predicted molar refractivity (Wildman–Crippen MR) is 75.2 cm³/mol. The molecule has 0 bridgehead atoms. The van der Waals surface area contributed by atoms with Crippen molar-refractivity contribution in [1.29, 1.82) is 0 Å². The van der Waals surface area contributed by atoms with Crippen molar-refractivity contribution in [1.82, 2.24) is 20.0 Å². The van der Waals surface area contributed by atoms with Crippen LogP contribution in [0.3, 0.4) is 0 Å². The van der Waals surface area contributed by atoms with Gasteiger partial charge in [0.05, 0.1) is 11.8 Å². The number of aromatic nitrogens is 3. The van der Waals surface area contributed by atoms with E-state index in [0.29, 0.717) is 12.1 Å². The Hall–Kier alpha value is -2.90. The van der Waals surface area contributed by atoms with Crippen LogP contribution in [0.1, 0.15) is 23.6 Å². The Morgan fingerprint density at radius 3 is 2.76 bits per heavy atom. The second-order valence-corrected chi connectivity index (χ2v) is 4.74. The summed E-state index contributed by atoms with van der Waals surface area (Å²) in [5, 5.41) is 14.1. The average molecular weight is 287 g/mol. The average Bonchev–Trinajstić information content (AvgIpc) is 2.95. The lowest BCUT2D eigenvalue weighted by atomic mass is 10.0. The van der Waals surface area contributed by atoms with Crippen LogP contribution < -0.4 is 16.7 Å². The van der Waals surface area contributed by atoms with E-state index in [4.69, 9.17) is 0 Å². The Labute approximate surface area is 118 Å². The van der Waals surface area contributed by atoms with E-state index in [2.05, 4.69) is 20.5 Å². The van der Waals surface area contributed by atoms with Crippen molar-refractivity contribution in [3.05, 3.63) is 56.5 Å². The van der Waals surface area contributed by atoms with Crippen molar-refractivity contribution < 1.29 is 5.11 Å². The summed E-state index contributed by atoms with van der Waals surface area (Å²) < 4.78 is 0.971. The molecule has 3 heterocycles. The van der Waals surface area contributed by atoms with E-state index in [1.54, 1.807) is 12.4 Å². The highest BCUT2D eigenvalue weighted by molar-refractivity contribution is 6.03. The van der Waals surface area contributed by atoms with Crippen LogP contribution in [0.2, 0.25) is 0 Å². The number of aromatic amines is 1. The van der Waals surface area contributed by atoms with Gasteiger partial charge in [0.2, 0.25) is 5.88 Å². The molecule has 0 aliphatic carbocycles. The molecule has 0 radical (unpaired) electrons. The summed E-state index contributed by atoms with van der Waals surface area (Å²) >= 11 is 0. The first-order chi connectivity index (χ1) is 10.1. The molecule has 1 aliphatic rings. The van der Waals surface area contributed by atoms with Gasteiger partial charge in [-0.1, -0.05) is 0 Å². The van der Waals surface area contributed by atoms with Gasteiger partial charge in [0.25, 0.3) is 5.56 Å². The molecule has 0 fully saturated rings. The summed E-state index contributed by atoms with van der Waals surface area (Å²) in [6, 6.07) is 3.60. The number of rotatable bonds is 2. The molecule has 8 heteroatoms. The van der Waals surface area contributed by atoms with Crippen LogP contribution in [-0.4, -0.2) is 25.4 Å². The summed E-state index contributed by atoms with van der Waals surface area (Å²) in [4.78, 5) is 29.4. The fourth-order valence-corrected chi connectivity index (χ4v) is 2.26. The molecule has 108 valence electrons. The SMILES string of the molecule is Cn1c(O)c(C2=NNC(c3ccncc3)C2)c(=O)[nH]c1=O.